The van der Waals surface area contributed by atoms with Crippen molar-refractivity contribution in [3.63, 3.8) is 0 Å². The Labute approximate surface area is 197 Å². The molecule has 2 aliphatic rings. The molecule has 6 nitrogen and oxygen atoms in total. The van der Waals surface area contributed by atoms with Gasteiger partial charge in [-0.15, -0.1) is 0 Å². The van der Waals surface area contributed by atoms with Gasteiger partial charge >= 0.3 is 0 Å². The quantitative estimate of drug-likeness (QED) is 0.332. The van der Waals surface area contributed by atoms with Gasteiger partial charge in [-0.05, 0) is 84.8 Å². The number of methoxy groups -OCH3 is 1. The minimum atomic E-state index is -0.892. The smallest absolute Gasteiger partial charge is 0.300 e. The van der Waals surface area contributed by atoms with Gasteiger partial charge in [0.25, 0.3) is 11.7 Å². The molecule has 1 aliphatic heterocycles. The molecule has 1 aliphatic carbocycles. The van der Waals surface area contributed by atoms with Crippen LogP contribution in [0.25, 0.3) is 5.76 Å². The number of ketones is 1. The van der Waals surface area contributed by atoms with E-state index in [1.807, 2.05) is 12.1 Å². The van der Waals surface area contributed by atoms with Crippen molar-refractivity contribution in [2.45, 2.75) is 31.7 Å². The zero-order chi connectivity index (χ0) is 23.8. The Morgan fingerprint density at radius 2 is 1.68 bits per heavy atom. The SMILES string of the molecule is COc1ccc(N2C(=O)C(=O)/C(=C(\O)c3ccc4c(c3)CCCC4)C2c2cccc(O)c2)cc1. The second-order valence-electron chi connectivity index (χ2n) is 8.65. The van der Waals surface area contributed by atoms with E-state index in [0.717, 1.165) is 31.2 Å². The molecule has 1 heterocycles. The van der Waals surface area contributed by atoms with E-state index in [2.05, 4.69) is 0 Å². The van der Waals surface area contributed by atoms with Gasteiger partial charge < -0.3 is 14.9 Å². The molecule has 1 amide bonds. The molecule has 1 saturated heterocycles. The number of amides is 1. The van der Waals surface area contributed by atoms with Crippen LogP contribution in [-0.4, -0.2) is 29.0 Å². The minimum absolute atomic E-state index is 0.00202. The van der Waals surface area contributed by atoms with Crippen molar-refractivity contribution in [3.8, 4) is 11.5 Å². The number of phenolic OH excluding ortho intramolecular Hbond substituents is 1. The molecule has 1 fully saturated rings. The van der Waals surface area contributed by atoms with E-state index in [1.54, 1.807) is 49.6 Å². The lowest BCUT2D eigenvalue weighted by atomic mass is 9.88. The Hall–Kier alpha value is -4.06. The highest BCUT2D eigenvalue weighted by Crippen LogP contribution is 2.43. The summed E-state index contributed by atoms with van der Waals surface area (Å²) in [5.41, 5.74) is 3.94. The zero-order valence-electron chi connectivity index (χ0n) is 18.8. The summed E-state index contributed by atoms with van der Waals surface area (Å²) < 4.78 is 5.22. The van der Waals surface area contributed by atoms with Crippen LogP contribution in [0.5, 0.6) is 11.5 Å². The molecule has 3 aromatic carbocycles. The van der Waals surface area contributed by atoms with Crippen molar-refractivity contribution >= 4 is 23.1 Å². The van der Waals surface area contributed by atoms with Gasteiger partial charge in [-0.2, -0.15) is 0 Å². The van der Waals surface area contributed by atoms with Crippen LogP contribution >= 0.6 is 0 Å². The number of anilines is 1. The van der Waals surface area contributed by atoms with Gasteiger partial charge in [0.1, 0.15) is 17.3 Å². The molecule has 3 aromatic rings. The second kappa shape index (κ2) is 8.71. The van der Waals surface area contributed by atoms with Gasteiger partial charge in [0.2, 0.25) is 0 Å². The summed E-state index contributed by atoms with van der Waals surface area (Å²) in [6.07, 6.45) is 4.15. The van der Waals surface area contributed by atoms with Crippen molar-refractivity contribution in [2.24, 2.45) is 0 Å². The van der Waals surface area contributed by atoms with Gasteiger partial charge in [0.15, 0.2) is 0 Å². The van der Waals surface area contributed by atoms with Crippen LogP contribution in [0.15, 0.2) is 72.3 Å². The summed E-state index contributed by atoms with van der Waals surface area (Å²) in [4.78, 5) is 27.9. The number of ether oxygens (including phenoxy) is 1. The fraction of sp³-hybridized carbons (Fsp3) is 0.214. The van der Waals surface area contributed by atoms with Crippen LogP contribution < -0.4 is 9.64 Å². The van der Waals surface area contributed by atoms with Crippen LogP contribution in [0.2, 0.25) is 0 Å². The van der Waals surface area contributed by atoms with Crippen molar-refractivity contribution < 1.29 is 24.5 Å². The molecule has 0 aromatic heterocycles. The minimum Gasteiger partial charge on any atom is -0.508 e. The summed E-state index contributed by atoms with van der Waals surface area (Å²) in [6, 6.07) is 18.0. The first-order chi connectivity index (χ1) is 16.5. The van der Waals surface area contributed by atoms with E-state index in [1.165, 1.54) is 22.6 Å². The number of aryl methyl sites for hydroxylation is 2. The number of carbonyl (C=O) groups excluding carboxylic acids is 2. The van der Waals surface area contributed by atoms with Crippen molar-refractivity contribution in [2.75, 3.05) is 12.0 Å². The number of aliphatic hydroxyl groups excluding tert-OH is 1. The van der Waals surface area contributed by atoms with Crippen molar-refractivity contribution in [3.05, 3.63) is 94.6 Å². The first-order valence-corrected chi connectivity index (χ1v) is 11.3. The van der Waals surface area contributed by atoms with Gasteiger partial charge in [-0.1, -0.05) is 24.3 Å². The van der Waals surface area contributed by atoms with Gasteiger partial charge in [0.05, 0.1) is 18.7 Å². The lowest BCUT2D eigenvalue weighted by Gasteiger charge is -2.26. The number of Topliss-reactive ketones (excluding diaryl/α,β-unsaturated/α-hetero) is 1. The maximum absolute atomic E-state index is 13.3. The first kappa shape index (κ1) is 21.8. The monoisotopic (exact) mass is 455 g/mol. The number of phenols is 1. The Morgan fingerprint density at radius 3 is 2.38 bits per heavy atom. The number of carbonyl (C=O) groups is 2. The van der Waals surface area contributed by atoms with E-state index in [0.29, 0.717) is 22.6 Å². The van der Waals surface area contributed by atoms with Crippen molar-refractivity contribution in [1.82, 2.24) is 0 Å². The maximum Gasteiger partial charge on any atom is 0.300 e. The fourth-order valence-electron chi connectivity index (χ4n) is 4.89. The topological polar surface area (TPSA) is 87.1 Å². The molecule has 0 saturated carbocycles. The lowest BCUT2D eigenvalue weighted by molar-refractivity contribution is -0.132. The first-order valence-electron chi connectivity index (χ1n) is 11.3. The van der Waals surface area contributed by atoms with Gasteiger partial charge in [-0.3, -0.25) is 14.5 Å². The number of nitrogens with zero attached hydrogens (tertiary/aromatic N) is 1. The van der Waals surface area contributed by atoms with Crippen LogP contribution in [0.4, 0.5) is 5.69 Å². The highest BCUT2D eigenvalue weighted by molar-refractivity contribution is 6.51. The summed E-state index contributed by atoms with van der Waals surface area (Å²) in [7, 11) is 1.55. The molecule has 1 unspecified atom stereocenters. The molecule has 1 atom stereocenters. The molecule has 34 heavy (non-hydrogen) atoms. The van der Waals surface area contributed by atoms with E-state index in [-0.39, 0.29) is 17.1 Å². The number of hydrogen-bond donors (Lipinski definition) is 2. The van der Waals surface area contributed by atoms with Crippen LogP contribution in [0.3, 0.4) is 0 Å². The van der Waals surface area contributed by atoms with Gasteiger partial charge in [0, 0.05) is 11.3 Å². The highest BCUT2D eigenvalue weighted by atomic mass is 16.5. The molecular formula is C28H25NO5. The third-order valence-corrected chi connectivity index (χ3v) is 6.60. The number of benzene rings is 3. The number of aliphatic hydroxyl groups is 1. The number of fused-ring (bicyclic) bond motifs is 1. The average molecular weight is 456 g/mol. The van der Waals surface area contributed by atoms with E-state index < -0.39 is 17.7 Å². The van der Waals surface area contributed by atoms with Crippen LogP contribution in [0, 0.1) is 0 Å². The summed E-state index contributed by atoms with van der Waals surface area (Å²) >= 11 is 0. The van der Waals surface area contributed by atoms with Crippen molar-refractivity contribution in [1.29, 1.82) is 0 Å². The Kier molecular flexibility index (Phi) is 5.57. The molecule has 0 radical (unpaired) electrons. The molecule has 172 valence electrons. The zero-order valence-corrected chi connectivity index (χ0v) is 18.8. The normalized spacial score (nSPS) is 19.2. The number of hydrogen-bond acceptors (Lipinski definition) is 5. The third kappa shape index (κ3) is 3.71. The second-order valence-corrected chi connectivity index (χ2v) is 8.65. The van der Waals surface area contributed by atoms with E-state index in [9.17, 15) is 19.8 Å². The fourth-order valence-corrected chi connectivity index (χ4v) is 4.89. The summed E-state index contributed by atoms with van der Waals surface area (Å²) in [6.45, 7) is 0. The summed E-state index contributed by atoms with van der Waals surface area (Å²) in [5, 5.41) is 21.5. The van der Waals surface area contributed by atoms with E-state index >= 15 is 0 Å². The maximum atomic E-state index is 13.3. The average Bonchev–Trinajstić information content (AvgIpc) is 3.13. The number of aromatic hydroxyl groups is 1. The Balaban J connectivity index is 1.68. The summed E-state index contributed by atoms with van der Waals surface area (Å²) in [5.74, 6) is -1.09. The van der Waals surface area contributed by atoms with Gasteiger partial charge in [-0.25, -0.2) is 0 Å². The predicted molar refractivity (Wildman–Crippen MR) is 129 cm³/mol. The highest BCUT2D eigenvalue weighted by Gasteiger charge is 2.47. The molecule has 5 rings (SSSR count). The molecule has 2 N–H and O–H groups in total. The lowest BCUT2D eigenvalue weighted by Crippen LogP contribution is -2.29. The molecule has 0 spiro atoms. The molecule has 0 bridgehead atoms. The predicted octanol–water partition coefficient (Wildman–Crippen LogP) is 4.91. The van der Waals surface area contributed by atoms with Crippen LogP contribution in [-0.2, 0) is 22.4 Å². The third-order valence-electron chi connectivity index (χ3n) is 6.60. The number of rotatable bonds is 4. The van der Waals surface area contributed by atoms with E-state index in [4.69, 9.17) is 4.74 Å². The molecular weight excluding hydrogens is 430 g/mol. The van der Waals surface area contributed by atoms with Crippen LogP contribution in [0.1, 0.15) is 41.1 Å². The Bertz CT molecular complexity index is 1310. The molecule has 6 heteroatoms. The standard InChI is InChI=1S/C28H25NO5/c1-34-23-13-11-21(12-14-23)29-25(19-7-4-8-22(30)16-19)24(27(32)28(29)33)26(31)20-10-9-17-5-2-3-6-18(17)15-20/h4,7-16,25,30-31H,2-3,5-6H2,1H3/b26-24-. The Morgan fingerprint density at radius 1 is 0.941 bits per heavy atom. The largest absolute Gasteiger partial charge is 0.508 e.